The molecule has 0 aliphatic heterocycles. The number of halogens is 1. The molecule has 1 heterocycles. The van der Waals surface area contributed by atoms with Crippen molar-refractivity contribution in [3.8, 4) is 0 Å². The first-order valence-corrected chi connectivity index (χ1v) is 7.55. The normalized spacial score (nSPS) is 10.4. The monoisotopic (exact) mass is 334 g/mol. The summed E-state index contributed by atoms with van der Waals surface area (Å²) >= 11 is 3.52. The van der Waals surface area contributed by atoms with E-state index in [9.17, 15) is 0 Å². The van der Waals surface area contributed by atoms with Crippen LogP contribution in [0, 0.1) is 6.92 Å². The van der Waals surface area contributed by atoms with Crippen LogP contribution in [0.5, 0.6) is 0 Å². The first-order valence-electron chi connectivity index (χ1n) is 6.76. The fourth-order valence-electron chi connectivity index (χ4n) is 2.12. The number of nitrogens with zero attached hydrogens (tertiary/aromatic N) is 2. The van der Waals surface area contributed by atoms with Gasteiger partial charge in [0.2, 0.25) is 0 Å². The van der Waals surface area contributed by atoms with Crippen LogP contribution in [0.25, 0.3) is 0 Å². The standard InChI is InChI=1S/C15H19BrN4/c1-4-13-14(17-5-2)18-9-19-15(13)20-12-7-10(3)6-11(16)8-12/h6-9H,4-5H2,1-3H3,(H2,17,18,19,20). The molecule has 0 atom stereocenters. The Morgan fingerprint density at radius 2 is 1.85 bits per heavy atom. The summed E-state index contributed by atoms with van der Waals surface area (Å²) in [7, 11) is 0. The van der Waals surface area contributed by atoms with Crippen LogP contribution in [0.3, 0.4) is 0 Å². The van der Waals surface area contributed by atoms with Gasteiger partial charge in [-0.05, 0) is 44.0 Å². The molecule has 0 amide bonds. The van der Waals surface area contributed by atoms with Crippen molar-refractivity contribution >= 4 is 33.3 Å². The van der Waals surface area contributed by atoms with E-state index in [1.54, 1.807) is 6.33 Å². The highest BCUT2D eigenvalue weighted by Crippen LogP contribution is 2.26. The zero-order chi connectivity index (χ0) is 14.5. The zero-order valence-electron chi connectivity index (χ0n) is 12.0. The lowest BCUT2D eigenvalue weighted by Gasteiger charge is -2.14. The molecule has 0 spiro atoms. The second-order valence-electron chi connectivity index (χ2n) is 4.58. The van der Waals surface area contributed by atoms with Gasteiger partial charge in [0.15, 0.2) is 0 Å². The molecule has 0 radical (unpaired) electrons. The first kappa shape index (κ1) is 14.8. The number of anilines is 3. The molecule has 4 nitrogen and oxygen atoms in total. The molecule has 0 saturated heterocycles. The number of aryl methyl sites for hydroxylation is 1. The van der Waals surface area contributed by atoms with E-state index in [1.165, 1.54) is 5.56 Å². The molecule has 2 N–H and O–H groups in total. The van der Waals surface area contributed by atoms with E-state index in [4.69, 9.17) is 0 Å². The molecule has 0 saturated carbocycles. The summed E-state index contributed by atoms with van der Waals surface area (Å²) < 4.78 is 1.05. The maximum atomic E-state index is 4.37. The fraction of sp³-hybridized carbons (Fsp3) is 0.333. The van der Waals surface area contributed by atoms with Gasteiger partial charge in [-0.15, -0.1) is 0 Å². The Morgan fingerprint density at radius 1 is 1.10 bits per heavy atom. The fourth-order valence-corrected chi connectivity index (χ4v) is 2.73. The highest BCUT2D eigenvalue weighted by molar-refractivity contribution is 9.10. The molecule has 0 unspecified atom stereocenters. The quantitative estimate of drug-likeness (QED) is 0.856. The maximum Gasteiger partial charge on any atom is 0.139 e. The largest absolute Gasteiger partial charge is 0.370 e. The van der Waals surface area contributed by atoms with E-state index in [0.29, 0.717) is 0 Å². The Bertz CT molecular complexity index is 578. The van der Waals surface area contributed by atoms with E-state index in [-0.39, 0.29) is 0 Å². The lowest BCUT2D eigenvalue weighted by atomic mass is 10.2. The SMILES string of the molecule is CCNc1ncnc(Nc2cc(C)cc(Br)c2)c1CC. The van der Waals surface area contributed by atoms with Gasteiger partial charge >= 0.3 is 0 Å². The summed E-state index contributed by atoms with van der Waals surface area (Å²) in [5, 5.41) is 6.66. The van der Waals surface area contributed by atoms with Crippen LogP contribution in [0.15, 0.2) is 29.0 Å². The molecule has 0 aliphatic rings. The number of hydrogen-bond donors (Lipinski definition) is 2. The van der Waals surface area contributed by atoms with Gasteiger partial charge in [-0.1, -0.05) is 22.9 Å². The van der Waals surface area contributed by atoms with Crippen molar-refractivity contribution in [2.45, 2.75) is 27.2 Å². The van der Waals surface area contributed by atoms with Crippen molar-refractivity contribution in [1.29, 1.82) is 0 Å². The molecule has 0 bridgehead atoms. The highest BCUT2D eigenvalue weighted by atomic mass is 79.9. The summed E-state index contributed by atoms with van der Waals surface area (Å²) in [5.74, 6) is 1.76. The molecular formula is C15H19BrN4. The van der Waals surface area contributed by atoms with Crippen molar-refractivity contribution in [2.24, 2.45) is 0 Å². The smallest absolute Gasteiger partial charge is 0.139 e. The van der Waals surface area contributed by atoms with E-state index < -0.39 is 0 Å². The van der Waals surface area contributed by atoms with Crippen LogP contribution in [-0.2, 0) is 6.42 Å². The Balaban J connectivity index is 2.35. The third-order valence-electron chi connectivity index (χ3n) is 2.95. The van der Waals surface area contributed by atoms with Gasteiger partial charge in [0, 0.05) is 22.3 Å². The lowest BCUT2D eigenvalue weighted by Crippen LogP contribution is -2.07. The minimum Gasteiger partial charge on any atom is -0.370 e. The van der Waals surface area contributed by atoms with Gasteiger partial charge in [0.1, 0.15) is 18.0 Å². The van der Waals surface area contributed by atoms with Gasteiger partial charge in [-0.25, -0.2) is 9.97 Å². The van der Waals surface area contributed by atoms with Crippen molar-refractivity contribution < 1.29 is 0 Å². The molecular weight excluding hydrogens is 316 g/mol. The van der Waals surface area contributed by atoms with Gasteiger partial charge in [-0.3, -0.25) is 0 Å². The molecule has 5 heteroatoms. The minimum absolute atomic E-state index is 0.847. The van der Waals surface area contributed by atoms with Crippen LogP contribution in [0.4, 0.5) is 17.3 Å². The lowest BCUT2D eigenvalue weighted by molar-refractivity contribution is 1.03. The van der Waals surface area contributed by atoms with Gasteiger partial charge in [0.05, 0.1) is 0 Å². The third-order valence-corrected chi connectivity index (χ3v) is 3.41. The molecule has 2 aromatic rings. The van der Waals surface area contributed by atoms with Gasteiger partial charge in [0.25, 0.3) is 0 Å². The number of nitrogens with one attached hydrogen (secondary N) is 2. The highest BCUT2D eigenvalue weighted by Gasteiger charge is 2.09. The summed E-state index contributed by atoms with van der Waals surface area (Å²) in [4.78, 5) is 8.67. The second kappa shape index (κ2) is 6.70. The third kappa shape index (κ3) is 3.48. The number of hydrogen-bond acceptors (Lipinski definition) is 4. The Morgan fingerprint density at radius 3 is 2.50 bits per heavy atom. The van der Waals surface area contributed by atoms with Crippen molar-refractivity contribution in [2.75, 3.05) is 17.2 Å². The van der Waals surface area contributed by atoms with Crippen molar-refractivity contribution in [1.82, 2.24) is 9.97 Å². The molecule has 1 aromatic carbocycles. The van der Waals surface area contributed by atoms with Crippen LogP contribution in [-0.4, -0.2) is 16.5 Å². The minimum atomic E-state index is 0.847. The zero-order valence-corrected chi connectivity index (χ0v) is 13.6. The second-order valence-corrected chi connectivity index (χ2v) is 5.49. The van der Waals surface area contributed by atoms with Crippen LogP contribution in [0.2, 0.25) is 0 Å². The molecule has 20 heavy (non-hydrogen) atoms. The van der Waals surface area contributed by atoms with Gasteiger partial charge in [-0.2, -0.15) is 0 Å². The van der Waals surface area contributed by atoms with Crippen LogP contribution < -0.4 is 10.6 Å². The van der Waals surface area contributed by atoms with Crippen molar-refractivity contribution in [3.05, 3.63) is 40.1 Å². The molecule has 106 valence electrons. The number of rotatable bonds is 5. The average molecular weight is 335 g/mol. The van der Waals surface area contributed by atoms with E-state index in [2.05, 4.69) is 69.4 Å². The molecule has 2 rings (SSSR count). The van der Waals surface area contributed by atoms with E-state index >= 15 is 0 Å². The Kier molecular flexibility index (Phi) is 4.95. The van der Waals surface area contributed by atoms with Gasteiger partial charge < -0.3 is 10.6 Å². The van der Waals surface area contributed by atoms with E-state index in [0.717, 1.165) is 40.3 Å². The molecule has 1 aromatic heterocycles. The predicted octanol–water partition coefficient (Wildman–Crippen LogP) is 4.29. The van der Waals surface area contributed by atoms with Crippen LogP contribution in [0.1, 0.15) is 25.0 Å². The first-order chi connectivity index (χ1) is 9.63. The van der Waals surface area contributed by atoms with E-state index in [1.807, 2.05) is 6.07 Å². The maximum absolute atomic E-state index is 4.37. The predicted molar refractivity (Wildman–Crippen MR) is 87.7 cm³/mol. The summed E-state index contributed by atoms with van der Waals surface area (Å²) in [6, 6.07) is 6.22. The topological polar surface area (TPSA) is 49.8 Å². The Hall–Kier alpha value is -1.62. The Labute approximate surface area is 128 Å². The van der Waals surface area contributed by atoms with Crippen molar-refractivity contribution in [3.63, 3.8) is 0 Å². The van der Waals surface area contributed by atoms with Crippen LogP contribution >= 0.6 is 15.9 Å². The number of benzene rings is 1. The number of aromatic nitrogens is 2. The summed E-state index contributed by atoms with van der Waals surface area (Å²) in [5.41, 5.74) is 3.32. The molecule has 0 aliphatic carbocycles. The summed E-state index contributed by atoms with van der Waals surface area (Å²) in [6.45, 7) is 7.09. The average Bonchev–Trinajstić information content (AvgIpc) is 2.38. The molecule has 0 fully saturated rings. The summed E-state index contributed by atoms with van der Waals surface area (Å²) in [6.07, 6.45) is 2.46.